The van der Waals surface area contributed by atoms with Crippen molar-refractivity contribution in [2.45, 2.75) is 52.8 Å². The van der Waals surface area contributed by atoms with Gasteiger partial charge >= 0.3 is 0 Å². The lowest BCUT2D eigenvalue weighted by Crippen LogP contribution is -2.23. The van der Waals surface area contributed by atoms with E-state index in [0.717, 1.165) is 12.2 Å². The van der Waals surface area contributed by atoms with Gasteiger partial charge in [0.25, 0.3) is 0 Å². The number of nitrogens with one attached hydrogen (secondary N) is 1. The van der Waals surface area contributed by atoms with E-state index < -0.39 is 0 Å². The van der Waals surface area contributed by atoms with Crippen LogP contribution in [0.2, 0.25) is 0 Å². The number of hydrogen-bond acceptors (Lipinski definition) is 4. The summed E-state index contributed by atoms with van der Waals surface area (Å²) in [5, 5.41) is 3.33. The number of hydrogen-bond donors (Lipinski definition) is 1. The SMILES string of the molecule is CC(C)NCc1cccc(OCCOC(C)(C)C)n1. The first-order chi connectivity index (χ1) is 8.87. The van der Waals surface area contributed by atoms with Crippen molar-refractivity contribution in [1.82, 2.24) is 10.3 Å². The van der Waals surface area contributed by atoms with Crippen LogP contribution < -0.4 is 10.1 Å². The fourth-order valence-electron chi connectivity index (χ4n) is 1.44. The molecule has 0 saturated heterocycles. The minimum absolute atomic E-state index is 0.125. The maximum atomic E-state index is 5.60. The first-order valence-electron chi connectivity index (χ1n) is 6.83. The van der Waals surface area contributed by atoms with Crippen molar-refractivity contribution in [3.05, 3.63) is 23.9 Å². The Balaban J connectivity index is 2.35. The van der Waals surface area contributed by atoms with Gasteiger partial charge in [0.05, 0.1) is 17.9 Å². The van der Waals surface area contributed by atoms with E-state index in [9.17, 15) is 0 Å². The molecule has 108 valence electrons. The van der Waals surface area contributed by atoms with E-state index in [2.05, 4.69) is 24.1 Å². The Morgan fingerprint density at radius 2 is 1.95 bits per heavy atom. The van der Waals surface area contributed by atoms with Crippen LogP contribution in [0.25, 0.3) is 0 Å². The summed E-state index contributed by atoms with van der Waals surface area (Å²) in [5.41, 5.74) is 0.864. The summed E-state index contributed by atoms with van der Waals surface area (Å²) in [6.45, 7) is 12.2. The Morgan fingerprint density at radius 3 is 2.58 bits per heavy atom. The third-order valence-electron chi connectivity index (χ3n) is 2.34. The van der Waals surface area contributed by atoms with E-state index in [1.54, 1.807) is 0 Å². The Morgan fingerprint density at radius 1 is 1.21 bits per heavy atom. The molecule has 0 aromatic carbocycles. The topological polar surface area (TPSA) is 43.4 Å². The lowest BCUT2D eigenvalue weighted by molar-refractivity contribution is -0.0168. The maximum absolute atomic E-state index is 5.60. The predicted octanol–water partition coefficient (Wildman–Crippen LogP) is 2.77. The van der Waals surface area contributed by atoms with E-state index in [0.29, 0.717) is 25.1 Å². The average molecular weight is 266 g/mol. The number of pyridine rings is 1. The Labute approximate surface area is 116 Å². The summed E-state index contributed by atoms with van der Waals surface area (Å²) >= 11 is 0. The minimum atomic E-state index is -0.125. The molecule has 0 aliphatic heterocycles. The second-order valence-corrected chi connectivity index (χ2v) is 5.81. The van der Waals surface area contributed by atoms with Crippen LogP contribution in [0.1, 0.15) is 40.3 Å². The van der Waals surface area contributed by atoms with E-state index in [-0.39, 0.29) is 5.60 Å². The molecule has 1 heterocycles. The molecule has 1 N–H and O–H groups in total. The molecule has 1 rings (SSSR count). The zero-order chi connectivity index (χ0) is 14.3. The molecule has 4 nitrogen and oxygen atoms in total. The van der Waals surface area contributed by atoms with Gasteiger partial charge in [0.1, 0.15) is 6.61 Å². The smallest absolute Gasteiger partial charge is 0.213 e. The van der Waals surface area contributed by atoms with E-state index in [1.807, 2.05) is 39.0 Å². The Kier molecular flexibility index (Phi) is 6.25. The summed E-state index contributed by atoms with van der Waals surface area (Å²) in [6.07, 6.45) is 0. The standard InChI is InChI=1S/C15H26N2O2/c1-12(2)16-11-13-7-6-8-14(17-13)18-9-10-19-15(3,4)5/h6-8,12,16H,9-11H2,1-5H3. The highest BCUT2D eigenvalue weighted by Gasteiger charge is 2.09. The van der Waals surface area contributed by atoms with Crippen molar-refractivity contribution >= 4 is 0 Å². The van der Waals surface area contributed by atoms with Crippen molar-refractivity contribution in [2.75, 3.05) is 13.2 Å². The van der Waals surface area contributed by atoms with Crippen molar-refractivity contribution in [1.29, 1.82) is 0 Å². The van der Waals surface area contributed by atoms with Gasteiger partial charge in [-0.15, -0.1) is 0 Å². The molecule has 0 spiro atoms. The van der Waals surface area contributed by atoms with Crippen LogP contribution in [-0.2, 0) is 11.3 Å². The highest BCUT2D eigenvalue weighted by atomic mass is 16.5. The van der Waals surface area contributed by atoms with Gasteiger partial charge in [0.2, 0.25) is 5.88 Å². The zero-order valence-corrected chi connectivity index (χ0v) is 12.7. The normalized spacial score (nSPS) is 11.9. The monoisotopic (exact) mass is 266 g/mol. The van der Waals surface area contributed by atoms with Gasteiger partial charge in [-0.2, -0.15) is 0 Å². The van der Waals surface area contributed by atoms with Crippen LogP contribution in [0.15, 0.2) is 18.2 Å². The molecule has 0 radical (unpaired) electrons. The van der Waals surface area contributed by atoms with Crippen LogP contribution in [0, 0.1) is 0 Å². The molecule has 1 aromatic rings. The second-order valence-electron chi connectivity index (χ2n) is 5.81. The summed E-state index contributed by atoms with van der Waals surface area (Å²) in [6, 6.07) is 6.28. The first-order valence-corrected chi connectivity index (χ1v) is 6.83. The third kappa shape index (κ3) is 7.80. The molecule has 0 aliphatic rings. The molecule has 1 aromatic heterocycles. The summed E-state index contributed by atoms with van der Waals surface area (Å²) in [4.78, 5) is 4.44. The largest absolute Gasteiger partial charge is 0.475 e. The van der Waals surface area contributed by atoms with Gasteiger partial charge in [-0.3, -0.25) is 0 Å². The van der Waals surface area contributed by atoms with Crippen molar-refractivity contribution in [3.63, 3.8) is 0 Å². The molecule has 0 saturated carbocycles. The van der Waals surface area contributed by atoms with Crippen LogP contribution in [-0.4, -0.2) is 29.8 Å². The quantitative estimate of drug-likeness (QED) is 0.771. The number of ether oxygens (including phenoxy) is 2. The van der Waals surface area contributed by atoms with Crippen LogP contribution >= 0.6 is 0 Å². The number of nitrogens with zero attached hydrogens (tertiary/aromatic N) is 1. The lowest BCUT2D eigenvalue weighted by atomic mass is 10.2. The second kappa shape index (κ2) is 7.46. The lowest BCUT2D eigenvalue weighted by Gasteiger charge is -2.19. The molecule has 0 atom stereocenters. The summed E-state index contributed by atoms with van der Waals surface area (Å²) < 4.78 is 11.2. The fraction of sp³-hybridized carbons (Fsp3) is 0.667. The van der Waals surface area contributed by atoms with E-state index in [4.69, 9.17) is 9.47 Å². The third-order valence-corrected chi connectivity index (χ3v) is 2.34. The van der Waals surface area contributed by atoms with Gasteiger partial charge in [0.15, 0.2) is 0 Å². The van der Waals surface area contributed by atoms with Gasteiger partial charge in [-0.25, -0.2) is 4.98 Å². The maximum Gasteiger partial charge on any atom is 0.213 e. The van der Waals surface area contributed by atoms with Crippen molar-refractivity contribution < 1.29 is 9.47 Å². The van der Waals surface area contributed by atoms with Gasteiger partial charge in [0, 0.05) is 18.7 Å². The van der Waals surface area contributed by atoms with Crippen LogP contribution in [0.4, 0.5) is 0 Å². The summed E-state index contributed by atoms with van der Waals surface area (Å²) in [5.74, 6) is 0.653. The number of aromatic nitrogens is 1. The predicted molar refractivity (Wildman–Crippen MR) is 77.4 cm³/mol. The first kappa shape index (κ1) is 15.9. The molecule has 4 heteroatoms. The molecular weight excluding hydrogens is 240 g/mol. The number of rotatable bonds is 7. The fourth-order valence-corrected chi connectivity index (χ4v) is 1.44. The van der Waals surface area contributed by atoms with Crippen molar-refractivity contribution in [2.24, 2.45) is 0 Å². The average Bonchev–Trinajstić information content (AvgIpc) is 2.32. The summed E-state index contributed by atoms with van der Waals surface area (Å²) in [7, 11) is 0. The van der Waals surface area contributed by atoms with Gasteiger partial charge in [-0.1, -0.05) is 19.9 Å². The van der Waals surface area contributed by atoms with Crippen LogP contribution in [0.3, 0.4) is 0 Å². The molecule has 19 heavy (non-hydrogen) atoms. The highest BCUT2D eigenvalue weighted by molar-refractivity contribution is 5.15. The molecule has 0 fully saturated rings. The molecule has 0 aliphatic carbocycles. The molecular formula is C15H26N2O2. The minimum Gasteiger partial charge on any atom is -0.475 e. The zero-order valence-electron chi connectivity index (χ0n) is 12.7. The Bertz CT molecular complexity index is 373. The highest BCUT2D eigenvalue weighted by Crippen LogP contribution is 2.09. The van der Waals surface area contributed by atoms with E-state index in [1.165, 1.54) is 0 Å². The van der Waals surface area contributed by atoms with Gasteiger partial charge in [-0.05, 0) is 26.8 Å². The van der Waals surface area contributed by atoms with E-state index >= 15 is 0 Å². The molecule has 0 amide bonds. The molecule has 0 bridgehead atoms. The van der Waals surface area contributed by atoms with Gasteiger partial charge < -0.3 is 14.8 Å². The van der Waals surface area contributed by atoms with Crippen LogP contribution in [0.5, 0.6) is 5.88 Å². The van der Waals surface area contributed by atoms with Crippen molar-refractivity contribution in [3.8, 4) is 5.88 Å². The molecule has 0 unspecified atom stereocenters. The Hall–Kier alpha value is -1.13.